The number of para-hydroxylation sites is 1. The van der Waals surface area contributed by atoms with Gasteiger partial charge in [-0.2, -0.15) is 0 Å². The second-order valence-corrected chi connectivity index (χ2v) is 8.23. The van der Waals surface area contributed by atoms with Gasteiger partial charge >= 0.3 is 0 Å². The van der Waals surface area contributed by atoms with Gasteiger partial charge < -0.3 is 9.30 Å². The second kappa shape index (κ2) is 6.86. The van der Waals surface area contributed by atoms with Crippen LogP contribution in [0, 0.1) is 13.8 Å². The predicted molar refractivity (Wildman–Crippen MR) is 99.9 cm³/mol. The van der Waals surface area contributed by atoms with Crippen molar-refractivity contribution >= 4 is 33.3 Å². The molecule has 0 N–H and O–H groups in total. The third kappa shape index (κ3) is 3.23. The summed E-state index contributed by atoms with van der Waals surface area (Å²) in [6, 6.07) is 8.32. The highest BCUT2D eigenvalue weighted by atomic mass is 32.2. The summed E-state index contributed by atoms with van der Waals surface area (Å²) in [5.74, 6) is 0.862. The van der Waals surface area contributed by atoms with E-state index in [1.54, 1.807) is 23.1 Å². The van der Waals surface area contributed by atoms with Crippen LogP contribution in [-0.4, -0.2) is 27.2 Å². The smallest absolute Gasteiger partial charge is 0.168 e. The number of aryl methyl sites for hydroxylation is 1. The van der Waals surface area contributed by atoms with Gasteiger partial charge in [0.2, 0.25) is 0 Å². The Kier molecular flexibility index (Phi) is 4.61. The minimum atomic E-state index is 0.333. The fraction of sp³-hybridized carbons (Fsp3) is 0.444. The quantitative estimate of drug-likeness (QED) is 0.625. The molecule has 1 aliphatic heterocycles. The lowest BCUT2D eigenvalue weighted by Gasteiger charge is -2.14. The summed E-state index contributed by atoms with van der Waals surface area (Å²) < 4.78 is 9.39. The number of imidazole rings is 1. The van der Waals surface area contributed by atoms with E-state index in [1.807, 2.05) is 6.07 Å². The molecule has 1 unspecified atom stereocenters. The third-order valence-corrected chi connectivity index (χ3v) is 6.70. The number of thioether (sulfide) groups is 1. The fourth-order valence-corrected chi connectivity index (χ4v) is 5.11. The molecule has 0 amide bonds. The molecule has 1 fully saturated rings. The molecule has 0 saturated carbocycles. The van der Waals surface area contributed by atoms with Gasteiger partial charge in [-0.15, -0.1) is 11.3 Å². The van der Waals surface area contributed by atoms with Gasteiger partial charge in [-0.25, -0.2) is 9.97 Å². The molecular formula is C18H21N3OS2. The van der Waals surface area contributed by atoms with Crippen LogP contribution in [0.15, 0.2) is 29.4 Å². The molecule has 1 atom stereocenters. The van der Waals surface area contributed by atoms with Crippen molar-refractivity contribution in [3.05, 3.63) is 40.7 Å². The Morgan fingerprint density at radius 1 is 1.29 bits per heavy atom. The Morgan fingerprint density at radius 3 is 2.96 bits per heavy atom. The van der Waals surface area contributed by atoms with Crippen molar-refractivity contribution in [3.63, 3.8) is 0 Å². The number of fused-ring (bicyclic) bond motifs is 1. The maximum absolute atomic E-state index is 5.81. The van der Waals surface area contributed by atoms with Crippen LogP contribution in [0.5, 0.6) is 0 Å². The van der Waals surface area contributed by atoms with Gasteiger partial charge in [0, 0.05) is 12.3 Å². The normalized spacial score (nSPS) is 17.8. The molecule has 126 valence electrons. The molecular weight excluding hydrogens is 338 g/mol. The standard InChI is InChI=1S/C18H21N3OS2/c1-12-13(2)21(10-14-6-5-9-22-14)18(19-12)23-11-17-20-15-7-3-4-8-16(15)24-17/h3-4,7-8,14H,5-6,9-11H2,1-2H3. The summed E-state index contributed by atoms with van der Waals surface area (Å²) in [4.78, 5) is 9.49. The summed E-state index contributed by atoms with van der Waals surface area (Å²) in [6.45, 7) is 6.04. The van der Waals surface area contributed by atoms with Gasteiger partial charge in [-0.3, -0.25) is 0 Å². The Bertz CT molecular complexity index is 816. The average molecular weight is 360 g/mol. The van der Waals surface area contributed by atoms with E-state index in [9.17, 15) is 0 Å². The van der Waals surface area contributed by atoms with E-state index in [4.69, 9.17) is 14.7 Å². The molecule has 0 radical (unpaired) electrons. The summed E-state index contributed by atoms with van der Waals surface area (Å²) in [5.41, 5.74) is 3.45. The number of rotatable bonds is 5. The minimum Gasteiger partial charge on any atom is -0.376 e. The molecule has 0 aliphatic carbocycles. The summed E-state index contributed by atoms with van der Waals surface area (Å²) in [5, 5.41) is 2.24. The van der Waals surface area contributed by atoms with Gasteiger partial charge in [-0.1, -0.05) is 23.9 Å². The van der Waals surface area contributed by atoms with E-state index < -0.39 is 0 Å². The van der Waals surface area contributed by atoms with Crippen molar-refractivity contribution in [3.8, 4) is 0 Å². The molecule has 24 heavy (non-hydrogen) atoms. The van der Waals surface area contributed by atoms with Crippen molar-refractivity contribution in [1.82, 2.24) is 14.5 Å². The summed E-state index contributed by atoms with van der Waals surface area (Å²) in [6.07, 6.45) is 2.66. The van der Waals surface area contributed by atoms with Gasteiger partial charge in [0.05, 0.1) is 34.3 Å². The Morgan fingerprint density at radius 2 is 2.17 bits per heavy atom. The van der Waals surface area contributed by atoms with E-state index in [0.717, 1.165) is 46.7 Å². The average Bonchev–Trinajstić information content (AvgIpc) is 3.29. The summed E-state index contributed by atoms with van der Waals surface area (Å²) in [7, 11) is 0. The predicted octanol–water partition coefficient (Wildman–Crippen LogP) is 4.58. The Hall–Kier alpha value is -1.37. The molecule has 1 aliphatic rings. The van der Waals surface area contributed by atoms with Crippen molar-refractivity contribution in [2.75, 3.05) is 6.61 Å². The molecule has 6 heteroatoms. The van der Waals surface area contributed by atoms with E-state index in [1.165, 1.54) is 16.8 Å². The first-order valence-electron chi connectivity index (χ1n) is 8.33. The first-order chi connectivity index (χ1) is 11.7. The molecule has 0 spiro atoms. The van der Waals surface area contributed by atoms with Crippen molar-refractivity contribution in [2.45, 2.75) is 50.2 Å². The Balaban J connectivity index is 1.52. The van der Waals surface area contributed by atoms with Crippen molar-refractivity contribution in [1.29, 1.82) is 0 Å². The Labute approximate surface area is 150 Å². The lowest BCUT2D eigenvalue weighted by atomic mass is 10.2. The molecule has 1 aromatic carbocycles. The first kappa shape index (κ1) is 16.1. The topological polar surface area (TPSA) is 39.9 Å². The highest BCUT2D eigenvalue weighted by Crippen LogP contribution is 2.30. The third-order valence-electron chi connectivity index (χ3n) is 4.50. The molecule has 0 bridgehead atoms. The van der Waals surface area contributed by atoms with Crippen LogP contribution in [-0.2, 0) is 17.0 Å². The highest BCUT2D eigenvalue weighted by molar-refractivity contribution is 7.98. The lowest BCUT2D eigenvalue weighted by molar-refractivity contribution is 0.0945. The zero-order valence-corrected chi connectivity index (χ0v) is 15.6. The van der Waals surface area contributed by atoms with Crippen LogP contribution >= 0.6 is 23.1 Å². The van der Waals surface area contributed by atoms with Crippen molar-refractivity contribution < 1.29 is 4.74 Å². The van der Waals surface area contributed by atoms with E-state index in [2.05, 4.69) is 36.6 Å². The van der Waals surface area contributed by atoms with Gasteiger partial charge in [0.1, 0.15) is 5.01 Å². The maximum atomic E-state index is 5.81. The van der Waals surface area contributed by atoms with Crippen molar-refractivity contribution in [2.24, 2.45) is 0 Å². The first-order valence-corrected chi connectivity index (χ1v) is 10.1. The van der Waals surface area contributed by atoms with Crippen LogP contribution in [0.1, 0.15) is 29.2 Å². The fourth-order valence-electron chi connectivity index (χ4n) is 3.05. The number of thiazole rings is 1. The van der Waals surface area contributed by atoms with Crippen LogP contribution < -0.4 is 0 Å². The number of ether oxygens (including phenoxy) is 1. The SMILES string of the molecule is Cc1nc(SCc2nc3ccccc3s2)n(CC2CCCO2)c1C. The number of hydrogen-bond acceptors (Lipinski definition) is 5. The largest absolute Gasteiger partial charge is 0.376 e. The maximum Gasteiger partial charge on any atom is 0.168 e. The van der Waals surface area contributed by atoms with Gasteiger partial charge in [0.15, 0.2) is 5.16 Å². The van der Waals surface area contributed by atoms with Gasteiger partial charge in [-0.05, 0) is 38.8 Å². The van der Waals surface area contributed by atoms with Crippen LogP contribution in [0.2, 0.25) is 0 Å². The van der Waals surface area contributed by atoms with E-state index >= 15 is 0 Å². The zero-order chi connectivity index (χ0) is 16.5. The monoisotopic (exact) mass is 359 g/mol. The minimum absolute atomic E-state index is 0.333. The second-order valence-electron chi connectivity index (χ2n) is 6.17. The molecule has 3 heterocycles. The van der Waals surface area contributed by atoms with Gasteiger partial charge in [0.25, 0.3) is 0 Å². The summed E-state index contributed by atoms with van der Waals surface area (Å²) >= 11 is 3.55. The lowest BCUT2D eigenvalue weighted by Crippen LogP contribution is -2.16. The molecule has 4 rings (SSSR count). The van der Waals surface area contributed by atoms with Crippen LogP contribution in [0.3, 0.4) is 0 Å². The number of hydrogen-bond donors (Lipinski definition) is 0. The van der Waals surface area contributed by atoms with Crippen LogP contribution in [0.4, 0.5) is 0 Å². The number of nitrogens with zero attached hydrogens (tertiary/aromatic N) is 3. The molecule has 4 nitrogen and oxygen atoms in total. The van der Waals surface area contributed by atoms with E-state index in [0.29, 0.717) is 6.10 Å². The van der Waals surface area contributed by atoms with E-state index in [-0.39, 0.29) is 0 Å². The molecule has 2 aromatic heterocycles. The number of benzene rings is 1. The molecule has 3 aromatic rings. The number of aromatic nitrogens is 3. The van der Waals surface area contributed by atoms with Crippen LogP contribution in [0.25, 0.3) is 10.2 Å². The molecule has 1 saturated heterocycles. The highest BCUT2D eigenvalue weighted by Gasteiger charge is 2.20. The zero-order valence-electron chi connectivity index (χ0n) is 14.0.